The highest BCUT2D eigenvalue weighted by molar-refractivity contribution is 7.16. The molecule has 0 aromatic heterocycles. The average Bonchev–Trinajstić information content (AvgIpc) is 1.88. The predicted molar refractivity (Wildman–Crippen MR) is 64.0 cm³/mol. The first kappa shape index (κ1) is 22.4. The molecule has 64 valence electrons. The van der Waals surface area contributed by atoms with Crippen LogP contribution in [0, 0.1) is 0 Å². The van der Waals surface area contributed by atoms with Gasteiger partial charge in [-0.15, -0.1) is 56.5 Å². The Balaban J connectivity index is -0.0000000300. The minimum atomic E-state index is 0. The van der Waals surface area contributed by atoms with Gasteiger partial charge in [0.1, 0.15) is 0 Å². The summed E-state index contributed by atoms with van der Waals surface area (Å²) in [4.78, 5) is 0. The lowest BCUT2D eigenvalue weighted by Gasteiger charge is -1.58. The van der Waals surface area contributed by atoms with Crippen LogP contribution in [0.15, 0.2) is 25.3 Å². The molecular formula is C6H16Cl2P2. The van der Waals surface area contributed by atoms with E-state index in [4.69, 9.17) is 0 Å². The maximum atomic E-state index is 3.46. The molecule has 2 atom stereocenters. The largest absolute Gasteiger partial charge is 0.147 e. The van der Waals surface area contributed by atoms with Gasteiger partial charge >= 0.3 is 0 Å². The van der Waals surface area contributed by atoms with Crippen LogP contribution in [0.4, 0.5) is 0 Å². The molecule has 10 heavy (non-hydrogen) atoms. The first-order chi connectivity index (χ1) is 3.83. The first-order valence-electron chi connectivity index (χ1n) is 2.45. The molecule has 0 aromatic carbocycles. The van der Waals surface area contributed by atoms with Crippen LogP contribution in [0.5, 0.6) is 0 Å². The minimum Gasteiger partial charge on any atom is -0.147 e. The molecule has 0 N–H and O–H groups in total. The van der Waals surface area contributed by atoms with E-state index in [0.29, 0.717) is 0 Å². The van der Waals surface area contributed by atoms with Gasteiger partial charge in [0, 0.05) is 0 Å². The summed E-state index contributed by atoms with van der Waals surface area (Å²) in [7, 11) is 5.07. The van der Waals surface area contributed by atoms with Crippen LogP contribution >= 0.6 is 43.3 Å². The summed E-state index contributed by atoms with van der Waals surface area (Å²) in [5.41, 5.74) is 0. The van der Waals surface area contributed by atoms with E-state index < -0.39 is 0 Å². The Hall–Kier alpha value is 0.920. The zero-order chi connectivity index (χ0) is 6.83. The Kier molecular flexibility index (Phi) is 73.2. The fourth-order valence-electron chi connectivity index (χ4n) is 0. The third kappa shape index (κ3) is 65.6. The Morgan fingerprint density at radius 3 is 1.00 bits per heavy atom. The smallest absolute Gasteiger partial charge is 0.0203 e. The van der Waals surface area contributed by atoms with Crippen molar-refractivity contribution in [1.29, 1.82) is 0 Å². The number of halogens is 2. The van der Waals surface area contributed by atoms with Crippen molar-refractivity contribution in [3.63, 3.8) is 0 Å². The van der Waals surface area contributed by atoms with E-state index in [0.717, 1.165) is 12.3 Å². The predicted octanol–water partition coefficient (Wildman–Crippen LogP) is 2.94. The molecule has 0 fully saturated rings. The van der Waals surface area contributed by atoms with Crippen molar-refractivity contribution in [2.75, 3.05) is 12.3 Å². The van der Waals surface area contributed by atoms with Gasteiger partial charge in [0.2, 0.25) is 0 Å². The SMILES string of the molecule is C=CCP.C=CCP.Cl.Cl. The maximum absolute atomic E-state index is 3.46. The fraction of sp³-hybridized carbons (Fsp3) is 0.333. The number of allylic oxidation sites excluding steroid dienone is 2. The molecule has 0 amide bonds. The lowest BCUT2D eigenvalue weighted by molar-refractivity contribution is 1.83. The normalized spacial score (nSPS) is 5.00. The van der Waals surface area contributed by atoms with Gasteiger partial charge in [-0.1, -0.05) is 12.2 Å². The molecule has 0 aromatic rings. The van der Waals surface area contributed by atoms with Crippen molar-refractivity contribution in [2.24, 2.45) is 0 Å². The number of rotatable bonds is 2. The summed E-state index contributed by atoms with van der Waals surface area (Å²) < 4.78 is 0. The summed E-state index contributed by atoms with van der Waals surface area (Å²) >= 11 is 0. The lowest BCUT2D eigenvalue weighted by Crippen LogP contribution is -1.43. The van der Waals surface area contributed by atoms with Gasteiger partial charge in [0.05, 0.1) is 0 Å². The Labute approximate surface area is 81.2 Å². The van der Waals surface area contributed by atoms with Crippen molar-refractivity contribution in [2.45, 2.75) is 0 Å². The highest BCUT2D eigenvalue weighted by Crippen LogP contribution is 1.74. The number of hydrogen-bond acceptors (Lipinski definition) is 0. The molecule has 0 aliphatic rings. The quantitative estimate of drug-likeness (QED) is 0.496. The maximum Gasteiger partial charge on any atom is -0.0203 e. The first-order valence-corrected chi connectivity index (χ1v) is 4.08. The third-order valence-electron chi connectivity index (χ3n) is 0.333. The minimum absolute atomic E-state index is 0. The van der Waals surface area contributed by atoms with Crippen molar-refractivity contribution >= 4 is 43.3 Å². The standard InChI is InChI=1S/2C3H7P.2ClH/c2*1-2-3-4;;/h2*2H,1,3-4H2;2*1H. The molecule has 0 aliphatic carbocycles. The summed E-state index contributed by atoms with van der Waals surface area (Å²) in [6, 6.07) is 0. The Morgan fingerprint density at radius 1 is 0.900 bits per heavy atom. The average molecular weight is 221 g/mol. The second kappa shape index (κ2) is 32.6. The molecule has 0 nitrogen and oxygen atoms in total. The van der Waals surface area contributed by atoms with Crippen LogP contribution in [0.2, 0.25) is 0 Å². The van der Waals surface area contributed by atoms with Gasteiger partial charge < -0.3 is 0 Å². The molecule has 0 saturated carbocycles. The van der Waals surface area contributed by atoms with Gasteiger partial charge in [-0.2, -0.15) is 0 Å². The second-order valence-corrected chi connectivity index (χ2v) is 1.99. The molecule has 4 heteroatoms. The molecule has 0 bridgehead atoms. The zero-order valence-electron chi connectivity index (χ0n) is 5.95. The van der Waals surface area contributed by atoms with Gasteiger partial charge in [-0.05, 0) is 12.3 Å². The van der Waals surface area contributed by atoms with Crippen LogP contribution in [0.3, 0.4) is 0 Å². The van der Waals surface area contributed by atoms with Gasteiger partial charge in [0.25, 0.3) is 0 Å². The summed E-state index contributed by atoms with van der Waals surface area (Å²) in [6.07, 6.45) is 5.68. The fourth-order valence-corrected chi connectivity index (χ4v) is 0. The highest BCUT2D eigenvalue weighted by atomic mass is 35.5. The Bertz CT molecular complexity index is 49.7. The lowest BCUT2D eigenvalue weighted by atomic mass is 10.8. The molecule has 0 saturated heterocycles. The summed E-state index contributed by atoms with van der Waals surface area (Å²) in [5.74, 6) is 0. The van der Waals surface area contributed by atoms with E-state index in [1.807, 2.05) is 12.2 Å². The van der Waals surface area contributed by atoms with Crippen LogP contribution in [-0.4, -0.2) is 12.3 Å². The molecule has 0 rings (SSSR count). The molecular weight excluding hydrogens is 205 g/mol. The van der Waals surface area contributed by atoms with Crippen molar-refractivity contribution in [1.82, 2.24) is 0 Å². The van der Waals surface area contributed by atoms with E-state index in [9.17, 15) is 0 Å². The monoisotopic (exact) mass is 220 g/mol. The van der Waals surface area contributed by atoms with E-state index in [-0.39, 0.29) is 24.8 Å². The van der Waals surface area contributed by atoms with Crippen molar-refractivity contribution in [3.05, 3.63) is 25.3 Å². The van der Waals surface area contributed by atoms with Gasteiger partial charge in [-0.25, -0.2) is 0 Å². The van der Waals surface area contributed by atoms with E-state index >= 15 is 0 Å². The van der Waals surface area contributed by atoms with E-state index in [1.165, 1.54) is 0 Å². The molecule has 2 unspecified atom stereocenters. The van der Waals surface area contributed by atoms with Crippen LogP contribution in [0.25, 0.3) is 0 Å². The number of hydrogen-bond donors (Lipinski definition) is 0. The highest BCUT2D eigenvalue weighted by Gasteiger charge is 1.45. The second-order valence-electron chi connectivity index (χ2n) is 1.05. The van der Waals surface area contributed by atoms with Gasteiger partial charge in [0.15, 0.2) is 0 Å². The Morgan fingerprint density at radius 2 is 1.00 bits per heavy atom. The van der Waals surface area contributed by atoms with Crippen molar-refractivity contribution < 1.29 is 0 Å². The summed E-state index contributed by atoms with van der Waals surface area (Å²) in [6.45, 7) is 6.92. The van der Waals surface area contributed by atoms with Crippen LogP contribution in [-0.2, 0) is 0 Å². The zero-order valence-corrected chi connectivity index (χ0v) is 9.90. The molecule has 0 spiro atoms. The topological polar surface area (TPSA) is 0 Å². The molecule has 0 aliphatic heterocycles. The van der Waals surface area contributed by atoms with Crippen molar-refractivity contribution in [3.8, 4) is 0 Å². The van der Waals surface area contributed by atoms with E-state index in [1.54, 1.807) is 0 Å². The molecule has 0 heterocycles. The third-order valence-corrected chi connectivity index (χ3v) is 1.00. The molecule has 0 radical (unpaired) electrons. The van der Waals surface area contributed by atoms with E-state index in [2.05, 4.69) is 31.6 Å². The van der Waals surface area contributed by atoms with Gasteiger partial charge in [-0.3, -0.25) is 0 Å². The van der Waals surface area contributed by atoms with Crippen LogP contribution < -0.4 is 0 Å². The van der Waals surface area contributed by atoms with Crippen LogP contribution in [0.1, 0.15) is 0 Å². The summed E-state index contributed by atoms with van der Waals surface area (Å²) in [5, 5.41) is 0.